The Morgan fingerprint density at radius 1 is 1.20 bits per heavy atom. The Morgan fingerprint density at radius 2 is 2.00 bits per heavy atom. The summed E-state index contributed by atoms with van der Waals surface area (Å²) in [6, 6.07) is 6.10. The number of pyridine rings is 1. The first kappa shape index (κ1) is 13.4. The molecule has 1 saturated heterocycles. The summed E-state index contributed by atoms with van der Waals surface area (Å²) in [7, 11) is 3.91. The summed E-state index contributed by atoms with van der Waals surface area (Å²) in [5.41, 5.74) is 2.15. The zero-order chi connectivity index (χ0) is 13.9. The van der Waals surface area contributed by atoms with Gasteiger partial charge in [0.1, 0.15) is 0 Å². The highest BCUT2D eigenvalue weighted by Crippen LogP contribution is 2.23. The van der Waals surface area contributed by atoms with E-state index in [9.17, 15) is 0 Å². The molecule has 3 heterocycles. The number of methoxy groups -OCH3 is 1. The number of fused-ring (bicyclic) bond motifs is 1. The second-order valence-electron chi connectivity index (χ2n) is 5.39. The standard InChI is InChI=1S/C15H22N4O/c1-17-6-8-18(9-7-17)10-11-19-14-4-3-5-16-13(14)12-15(19)20-2/h3-5,12H,6-11H2,1-2H3. The van der Waals surface area contributed by atoms with Crippen molar-refractivity contribution < 1.29 is 4.74 Å². The molecule has 5 heteroatoms. The van der Waals surface area contributed by atoms with E-state index in [1.54, 1.807) is 7.11 Å². The monoisotopic (exact) mass is 274 g/mol. The smallest absolute Gasteiger partial charge is 0.195 e. The SMILES string of the molecule is COc1cc2ncccc2n1CCN1CCN(C)CC1. The van der Waals surface area contributed by atoms with E-state index in [-0.39, 0.29) is 0 Å². The van der Waals surface area contributed by atoms with Crippen LogP contribution in [0, 0.1) is 0 Å². The van der Waals surface area contributed by atoms with Gasteiger partial charge in [-0.1, -0.05) is 0 Å². The van der Waals surface area contributed by atoms with E-state index >= 15 is 0 Å². The lowest BCUT2D eigenvalue weighted by Gasteiger charge is -2.32. The summed E-state index contributed by atoms with van der Waals surface area (Å²) in [6.07, 6.45) is 1.83. The molecule has 5 nitrogen and oxygen atoms in total. The number of likely N-dealkylation sites (N-methyl/N-ethyl adjacent to an activating group) is 1. The van der Waals surface area contributed by atoms with Crippen molar-refractivity contribution in [3.05, 3.63) is 24.4 Å². The van der Waals surface area contributed by atoms with Gasteiger partial charge in [0.25, 0.3) is 0 Å². The highest BCUT2D eigenvalue weighted by molar-refractivity contribution is 5.78. The molecule has 20 heavy (non-hydrogen) atoms. The number of nitrogens with zero attached hydrogens (tertiary/aromatic N) is 4. The maximum atomic E-state index is 5.48. The van der Waals surface area contributed by atoms with E-state index in [2.05, 4.69) is 32.5 Å². The van der Waals surface area contributed by atoms with Gasteiger partial charge < -0.3 is 14.2 Å². The second-order valence-corrected chi connectivity index (χ2v) is 5.39. The number of aromatic nitrogens is 2. The lowest BCUT2D eigenvalue weighted by atomic mass is 10.3. The molecule has 0 bridgehead atoms. The molecular weight excluding hydrogens is 252 g/mol. The molecule has 0 spiro atoms. The van der Waals surface area contributed by atoms with Crippen LogP contribution in [0.1, 0.15) is 0 Å². The fraction of sp³-hybridized carbons (Fsp3) is 0.533. The zero-order valence-electron chi connectivity index (χ0n) is 12.2. The average Bonchev–Trinajstić information content (AvgIpc) is 2.84. The van der Waals surface area contributed by atoms with Crippen LogP contribution >= 0.6 is 0 Å². The van der Waals surface area contributed by atoms with Gasteiger partial charge in [-0.15, -0.1) is 0 Å². The van der Waals surface area contributed by atoms with Gasteiger partial charge in [-0.3, -0.25) is 9.88 Å². The predicted molar refractivity (Wildman–Crippen MR) is 80.2 cm³/mol. The van der Waals surface area contributed by atoms with Gasteiger partial charge in [-0.2, -0.15) is 0 Å². The van der Waals surface area contributed by atoms with Crippen LogP contribution in [0.25, 0.3) is 11.0 Å². The van der Waals surface area contributed by atoms with Gasteiger partial charge in [0.15, 0.2) is 5.88 Å². The highest BCUT2D eigenvalue weighted by atomic mass is 16.5. The minimum Gasteiger partial charge on any atom is -0.482 e. The Bertz CT molecular complexity index is 572. The summed E-state index contributed by atoms with van der Waals surface area (Å²) in [5.74, 6) is 0.896. The van der Waals surface area contributed by atoms with Gasteiger partial charge in [0.05, 0.1) is 18.1 Å². The van der Waals surface area contributed by atoms with Crippen molar-refractivity contribution >= 4 is 11.0 Å². The number of hydrogen-bond donors (Lipinski definition) is 0. The average molecular weight is 274 g/mol. The van der Waals surface area contributed by atoms with Crippen LogP contribution in [0.2, 0.25) is 0 Å². The van der Waals surface area contributed by atoms with Crippen molar-refractivity contribution in [1.82, 2.24) is 19.4 Å². The number of rotatable bonds is 4. The zero-order valence-corrected chi connectivity index (χ0v) is 12.2. The van der Waals surface area contributed by atoms with Crippen molar-refractivity contribution in [2.75, 3.05) is 46.9 Å². The van der Waals surface area contributed by atoms with Gasteiger partial charge in [0, 0.05) is 51.5 Å². The van der Waals surface area contributed by atoms with E-state index in [1.807, 2.05) is 18.3 Å². The van der Waals surface area contributed by atoms with E-state index in [4.69, 9.17) is 4.74 Å². The second kappa shape index (κ2) is 5.81. The molecular formula is C15H22N4O. The van der Waals surface area contributed by atoms with Gasteiger partial charge >= 0.3 is 0 Å². The third-order valence-electron chi connectivity index (χ3n) is 4.08. The van der Waals surface area contributed by atoms with Crippen LogP contribution in [0.5, 0.6) is 5.88 Å². The van der Waals surface area contributed by atoms with Crippen molar-refractivity contribution in [3.63, 3.8) is 0 Å². The van der Waals surface area contributed by atoms with Crippen molar-refractivity contribution in [2.24, 2.45) is 0 Å². The summed E-state index contributed by atoms with van der Waals surface area (Å²) in [5, 5.41) is 0. The first-order valence-electron chi connectivity index (χ1n) is 7.17. The molecule has 0 atom stereocenters. The number of ether oxygens (including phenoxy) is 1. The Labute approximate surface area is 119 Å². The number of hydrogen-bond acceptors (Lipinski definition) is 4. The Balaban J connectivity index is 1.73. The molecule has 2 aromatic rings. The minimum absolute atomic E-state index is 0.896. The largest absolute Gasteiger partial charge is 0.482 e. The Morgan fingerprint density at radius 3 is 2.75 bits per heavy atom. The molecule has 0 aliphatic carbocycles. The molecule has 1 aliphatic heterocycles. The maximum absolute atomic E-state index is 5.48. The molecule has 0 N–H and O–H groups in total. The van der Waals surface area contributed by atoms with Crippen LogP contribution in [-0.2, 0) is 6.54 Å². The topological polar surface area (TPSA) is 33.5 Å². The summed E-state index contributed by atoms with van der Waals surface area (Å²) in [4.78, 5) is 9.29. The normalized spacial score (nSPS) is 17.7. The van der Waals surface area contributed by atoms with E-state index < -0.39 is 0 Å². The Hall–Kier alpha value is -1.59. The molecule has 0 radical (unpaired) electrons. The van der Waals surface area contributed by atoms with Crippen LogP contribution < -0.4 is 4.74 Å². The number of piperazine rings is 1. The maximum Gasteiger partial charge on any atom is 0.195 e. The molecule has 0 aromatic carbocycles. The quantitative estimate of drug-likeness (QED) is 0.841. The summed E-state index contributed by atoms with van der Waals surface area (Å²) >= 11 is 0. The van der Waals surface area contributed by atoms with Crippen molar-refractivity contribution in [2.45, 2.75) is 6.54 Å². The molecule has 1 fully saturated rings. The van der Waals surface area contributed by atoms with Crippen molar-refractivity contribution in [1.29, 1.82) is 0 Å². The molecule has 0 amide bonds. The minimum atomic E-state index is 0.896. The Kier molecular flexibility index (Phi) is 3.89. The van der Waals surface area contributed by atoms with Crippen LogP contribution in [0.4, 0.5) is 0 Å². The first-order chi connectivity index (χ1) is 9.78. The molecule has 2 aromatic heterocycles. The third-order valence-corrected chi connectivity index (χ3v) is 4.08. The lowest BCUT2D eigenvalue weighted by Crippen LogP contribution is -2.45. The fourth-order valence-corrected chi connectivity index (χ4v) is 2.77. The third kappa shape index (κ3) is 2.64. The molecule has 0 unspecified atom stereocenters. The van der Waals surface area contributed by atoms with Gasteiger partial charge in [0.2, 0.25) is 0 Å². The molecule has 0 saturated carbocycles. The van der Waals surface area contributed by atoms with Crippen LogP contribution in [0.15, 0.2) is 24.4 Å². The van der Waals surface area contributed by atoms with Crippen molar-refractivity contribution in [3.8, 4) is 5.88 Å². The molecule has 108 valence electrons. The summed E-state index contributed by atoms with van der Waals surface area (Å²) in [6.45, 7) is 6.62. The van der Waals surface area contributed by atoms with E-state index in [0.717, 1.165) is 56.2 Å². The van der Waals surface area contributed by atoms with E-state index in [1.165, 1.54) is 0 Å². The predicted octanol–water partition coefficient (Wildman–Crippen LogP) is 1.29. The summed E-state index contributed by atoms with van der Waals surface area (Å²) < 4.78 is 7.71. The molecule has 1 aliphatic rings. The first-order valence-corrected chi connectivity index (χ1v) is 7.17. The highest BCUT2D eigenvalue weighted by Gasteiger charge is 2.15. The van der Waals surface area contributed by atoms with Crippen LogP contribution in [-0.4, -0.2) is 66.2 Å². The van der Waals surface area contributed by atoms with E-state index in [0.29, 0.717) is 0 Å². The molecule has 3 rings (SSSR count). The fourth-order valence-electron chi connectivity index (χ4n) is 2.77. The lowest BCUT2D eigenvalue weighted by molar-refractivity contribution is 0.149. The van der Waals surface area contributed by atoms with Crippen LogP contribution in [0.3, 0.4) is 0 Å². The van der Waals surface area contributed by atoms with Gasteiger partial charge in [-0.05, 0) is 19.2 Å². The van der Waals surface area contributed by atoms with Gasteiger partial charge in [-0.25, -0.2) is 0 Å².